The van der Waals surface area contributed by atoms with Crippen LogP contribution in [0.3, 0.4) is 0 Å². The molecule has 0 aliphatic rings. The van der Waals surface area contributed by atoms with Crippen LogP contribution >= 0.6 is 15.9 Å². The zero-order chi connectivity index (χ0) is 16.3. The molecule has 0 aromatic heterocycles. The highest BCUT2D eigenvalue weighted by atomic mass is 79.9. The van der Waals surface area contributed by atoms with Gasteiger partial charge in [-0.05, 0) is 55.0 Å². The minimum atomic E-state index is -0.155. The summed E-state index contributed by atoms with van der Waals surface area (Å²) in [4.78, 5) is 25.1. The van der Waals surface area contributed by atoms with Crippen molar-refractivity contribution in [2.24, 2.45) is 0 Å². The zero-order valence-corrected chi connectivity index (χ0v) is 14.3. The molecule has 2 amide bonds. The van der Waals surface area contributed by atoms with Gasteiger partial charge in [-0.25, -0.2) is 0 Å². The van der Waals surface area contributed by atoms with E-state index in [-0.39, 0.29) is 11.8 Å². The Morgan fingerprint density at radius 3 is 2.27 bits per heavy atom. The Balaban J connectivity index is 2.13. The second-order valence-corrected chi connectivity index (χ2v) is 5.95. The molecule has 0 spiro atoms. The molecule has 2 rings (SSSR count). The number of nitrogens with zero attached hydrogens (tertiary/aromatic N) is 1. The number of halogens is 1. The summed E-state index contributed by atoms with van der Waals surface area (Å²) in [5.74, 6) is -0.194. The van der Waals surface area contributed by atoms with Crippen LogP contribution in [-0.2, 0) is 4.79 Å². The summed E-state index contributed by atoms with van der Waals surface area (Å²) in [6, 6.07) is 12.7. The number of benzene rings is 2. The number of carbonyl (C=O) groups excluding carboxylic acids is 2. The van der Waals surface area contributed by atoms with Gasteiger partial charge in [0.2, 0.25) is 5.91 Å². The lowest BCUT2D eigenvalue weighted by molar-refractivity contribution is -0.116. The molecule has 114 valence electrons. The Morgan fingerprint density at radius 2 is 1.73 bits per heavy atom. The molecule has 0 radical (unpaired) electrons. The maximum absolute atomic E-state index is 12.3. The lowest BCUT2D eigenvalue weighted by atomic mass is 10.1. The third-order valence-electron chi connectivity index (χ3n) is 3.42. The molecule has 1 N–H and O–H groups in total. The molecular weight excluding hydrogens is 344 g/mol. The van der Waals surface area contributed by atoms with Crippen molar-refractivity contribution in [2.75, 3.05) is 17.3 Å². The second-order valence-electron chi connectivity index (χ2n) is 5.04. The van der Waals surface area contributed by atoms with Gasteiger partial charge in [0.05, 0.1) is 0 Å². The van der Waals surface area contributed by atoms with Crippen molar-refractivity contribution in [1.29, 1.82) is 0 Å². The monoisotopic (exact) mass is 360 g/mol. The largest absolute Gasteiger partial charge is 0.322 e. The Kier molecular flexibility index (Phi) is 4.98. The molecular formula is C17H17BrN2O2. The summed E-state index contributed by atoms with van der Waals surface area (Å²) in [6.07, 6.45) is 0. The molecule has 0 aliphatic carbocycles. The fourth-order valence-electron chi connectivity index (χ4n) is 2.03. The summed E-state index contributed by atoms with van der Waals surface area (Å²) in [5, 5.41) is 2.86. The molecule has 4 nitrogen and oxygen atoms in total. The SMILES string of the molecule is CC(=O)N(C)c1ccc(NC(=O)c2ccc(Br)cc2C)cc1. The van der Waals surface area contributed by atoms with Gasteiger partial charge in [-0.15, -0.1) is 0 Å². The minimum Gasteiger partial charge on any atom is -0.322 e. The van der Waals surface area contributed by atoms with Crippen LogP contribution in [0.15, 0.2) is 46.9 Å². The van der Waals surface area contributed by atoms with E-state index < -0.39 is 0 Å². The van der Waals surface area contributed by atoms with E-state index in [2.05, 4.69) is 21.2 Å². The molecule has 0 saturated carbocycles. The molecule has 0 saturated heterocycles. The topological polar surface area (TPSA) is 49.4 Å². The minimum absolute atomic E-state index is 0.0396. The van der Waals surface area contributed by atoms with E-state index in [1.54, 1.807) is 42.3 Å². The first kappa shape index (κ1) is 16.2. The summed E-state index contributed by atoms with van der Waals surface area (Å²) < 4.78 is 0.943. The first-order chi connectivity index (χ1) is 10.4. The maximum atomic E-state index is 12.3. The van der Waals surface area contributed by atoms with Gasteiger partial charge in [0.15, 0.2) is 0 Å². The predicted molar refractivity (Wildman–Crippen MR) is 92.4 cm³/mol. The molecule has 0 unspecified atom stereocenters. The molecule has 0 heterocycles. The summed E-state index contributed by atoms with van der Waals surface area (Å²) >= 11 is 3.38. The highest BCUT2D eigenvalue weighted by molar-refractivity contribution is 9.10. The highest BCUT2D eigenvalue weighted by Crippen LogP contribution is 2.20. The maximum Gasteiger partial charge on any atom is 0.255 e. The average molecular weight is 361 g/mol. The van der Waals surface area contributed by atoms with Gasteiger partial charge in [-0.3, -0.25) is 9.59 Å². The van der Waals surface area contributed by atoms with Crippen LogP contribution in [0.1, 0.15) is 22.8 Å². The Bertz CT molecular complexity index is 711. The third kappa shape index (κ3) is 3.74. The van der Waals surface area contributed by atoms with E-state index in [4.69, 9.17) is 0 Å². The normalized spacial score (nSPS) is 10.2. The highest BCUT2D eigenvalue weighted by Gasteiger charge is 2.10. The van der Waals surface area contributed by atoms with Crippen LogP contribution in [0.25, 0.3) is 0 Å². The number of anilines is 2. The predicted octanol–water partition coefficient (Wildman–Crippen LogP) is 3.99. The Hall–Kier alpha value is -2.14. The standard InChI is InChI=1S/C17H17BrN2O2/c1-11-10-13(18)4-9-16(11)17(22)19-14-5-7-15(8-6-14)20(3)12(2)21/h4-10H,1-3H3,(H,19,22). The fourth-order valence-corrected chi connectivity index (χ4v) is 2.51. The van der Waals surface area contributed by atoms with Crippen LogP contribution in [0, 0.1) is 6.92 Å². The van der Waals surface area contributed by atoms with Crippen molar-refractivity contribution in [1.82, 2.24) is 0 Å². The quantitative estimate of drug-likeness (QED) is 0.899. The number of nitrogens with one attached hydrogen (secondary N) is 1. The Morgan fingerprint density at radius 1 is 1.09 bits per heavy atom. The van der Waals surface area contributed by atoms with Crippen LogP contribution in [-0.4, -0.2) is 18.9 Å². The van der Waals surface area contributed by atoms with Crippen molar-refractivity contribution in [3.05, 3.63) is 58.1 Å². The number of rotatable bonds is 3. The Labute approximate surface area is 138 Å². The van der Waals surface area contributed by atoms with Crippen molar-refractivity contribution in [3.63, 3.8) is 0 Å². The zero-order valence-electron chi connectivity index (χ0n) is 12.7. The third-order valence-corrected chi connectivity index (χ3v) is 3.91. The molecule has 22 heavy (non-hydrogen) atoms. The molecule has 0 fully saturated rings. The smallest absolute Gasteiger partial charge is 0.255 e. The van der Waals surface area contributed by atoms with E-state index >= 15 is 0 Å². The first-order valence-corrected chi connectivity index (χ1v) is 7.59. The summed E-state index contributed by atoms with van der Waals surface area (Å²) in [6.45, 7) is 3.40. The number of amides is 2. The van der Waals surface area contributed by atoms with Crippen molar-refractivity contribution in [2.45, 2.75) is 13.8 Å². The van der Waals surface area contributed by atoms with Crippen LogP contribution in [0.2, 0.25) is 0 Å². The second kappa shape index (κ2) is 6.75. The van der Waals surface area contributed by atoms with Crippen LogP contribution < -0.4 is 10.2 Å². The van der Waals surface area contributed by atoms with Gasteiger partial charge in [0.25, 0.3) is 5.91 Å². The van der Waals surface area contributed by atoms with E-state index in [0.29, 0.717) is 11.3 Å². The van der Waals surface area contributed by atoms with Crippen LogP contribution in [0.5, 0.6) is 0 Å². The molecule has 2 aromatic carbocycles. The van der Waals surface area contributed by atoms with E-state index in [1.165, 1.54) is 6.92 Å². The number of hydrogen-bond donors (Lipinski definition) is 1. The summed E-state index contributed by atoms with van der Waals surface area (Å²) in [5.41, 5.74) is 3.01. The van der Waals surface area contributed by atoms with Gasteiger partial charge in [-0.2, -0.15) is 0 Å². The molecule has 0 bridgehead atoms. The lowest BCUT2D eigenvalue weighted by Gasteiger charge is -2.15. The van der Waals surface area contributed by atoms with Gasteiger partial charge >= 0.3 is 0 Å². The van der Waals surface area contributed by atoms with Gasteiger partial charge in [0, 0.05) is 35.4 Å². The lowest BCUT2D eigenvalue weighted by Crippen LogP contribution is -2.22. The number of aryl methyl sites for hydroxylation is 1. The van der Waals surface area contributed by atoms with E-state index in [9.17, 15) is 9.59 Å². The number of carbonyl (C=O) groups is 2. The summed E-state index contributed by atoms with van der Waals surface area (Å²) in [7, 11) is 1.71. The van der Waals surface area contributed by atoms with E-state index in [0.717, 1.165) is 15.7 Å². The van der Waals surface area contributed by atoms with E-state index in [1.807, 2.05) is 19.1 Å². The number of hydrogen-bond acceptors (Lipinski definition) is 2. The fraction of sp³-hybridized carbons (Fsp3) is 0.176. The molecule has 0 aliphatic heterocycles. The van der Waals surface area contributed by atoms with Crippen molar-refractivity contribution >= 4 is 39.1 Å². The van der Waals surface area contributed by atoms with Crippen molar-refractivity contribution in [3.8, 4) is 0 Å². The molecule has 2 aromatic rings. The van der Waals surface area contributed by atoms with Gasteiger partial charge in [0.1, 0.15) is 0 Å². The van der Waals surface area contributed by atoms with Gasteiger partial charge < -0.3 is 10.2 Å². The first-order valence-electron chi connectivity index (χ1n) is 6.80. The molecule has 5 heteroatoms. The van der Waals surface area contributed by atoms with Gasteiger partial charge in [-0.1, -0.05) is 15.9 Å². The average Bonchev–Trinajstić information content (AvgIpc) is 2.47. The van der Waals surface area contributed by atoms with Crippen molar-refractivity contribution < 1.29 is 9.59 Å². The molecule has 0 atom stereocenters. The van der Waals surface area contributed by atoms with Crippen LogP contribution in [0.4, 0.5) is 11.4 Å².